The summed E-state index contributed by atoms with van der Waals surface area (Å²) in [6.45, 7) is 2.33. The molecule has 1 aromatic carbocycles. The lowest BCUT2D eigenvalue weighted by atomic mass is 10.00. The third-order valence-corrected chi connectivity index (χ3v) is 3.52. The van der Waals surface area contributed by atoms with Crippen LogP contribution < -0.4 is 10.5 Å². The van der Waals surface area contributed by atoms with Crippen molar-refractivity contribution in [2.24, 2.45) is 11.7 Å². The van der Waals surface area contributed by atoms with Crippen LogP contribution in [-0.2, 0) is 0 Å². The van der Waals surface area contributed by atoms with Crippen LogP contribution in [0.25, 0.3) is 0 Å². The highest BCUT2D eigenvalue weighted by Gasteiger charge is 2.22. The Balaban J connectivity index is 1.90. The smallest absolute Gasteiger partial charge is 0.165 e. The van der Waals surface area contributed by atoms with Crippen LogP contribution in [0.1, 0.15) is 31.2 Å². The molecule has 0 aromatic heterocycles. The van der Waals surface area contributed by atoms with Gasteiger partial charge in [0.25, 0.3) is 0 Å². The van der Waals surface area contributed by atoms with E-state index in [9.17, 15) is 4.39 Å². The Labute approximate surface area is 102 Å². The summed E-state index contributed by atoms with van der Waals surface area (Å²) in [5, 5.41) is 0. The average Bonchev–Trinajstić information content (AvgIpc) is 2.83. The number of aryl methyl sites for hydroxylation is 1. The van der Waals surface area contributed by atoms with Gasteiger partial charge in [0.15, 0.2) is 11.6 Å². The summed E-state index contributed by atoms with van der Waals surface area (Å²) in [4.78, 5) is 0. The zero-order valence-electron chi connectivity index (χ0n) is 10.3. The predicted molar refractivity (Wildman–Crippen MR) is 66.6 cm³/mol. The van der Waals surface area contributed by atoms with E-state index in [2.05, 4.69) is 0 Å². The van der Waals surface area contributed by atoms with Crippen molar-refractivity contribution in [1.29, 1.82) is 0 Å². The fourth-order valence-electron chi connectivity index (χ4n) is 2.43. The van der Waals surface area contributed by atoms with Crippen molar-refractivity contribution in [2.75, 3.05) is 6.61 Å². The molecule has 2 rings (SSSR count). The number of halogens is 1. The Morgan fingerprint density at radius 2 is 2.12 bits per heavy atom. The van der Waals surface area contributed by atoms with Gasteiger partial charge in [0.05, 0.1) is 0 Å². The first kappa shape index (κ1) is 12.4. The second-order valence-electron chi connectivity index (χ2n) is 4.95. The third kappa shape index (κ3) is 3.19. The summed E-state index contributed by atoms with van der Waals surface area (Å²) < 4.78 is 18.9. The molecule has 0 spiro atoms. The van der Waals surface area contributed by atoms with E-state index in [-0.39, 0.29) is 11.9 Å². The molecule has 1 fully saturated rings. The van der Waals surface area contributed by atoms with Gasteiger partial charge in [-0.2, -0.15) is 0 Å². The maximum Gasteiger partial charge on any atom is 0.165 e. The van der Waals surface area contributed by atoms with Gasteiger partial charge >= 0.3 is 0 Å². The number of hydrogen-bond acceptors (Lipinski definition) is 2. The summed E-state index contributed by atoms with van der Waals surface area (Å²) in [5.74, 6) is 0.551. The first-order valence-electron chi connectivity index (χ1n) is 6.31. The molecule has 1 aliphatic rings. The second-order valence-corrected chi connectivity index (χ2v) is 4.95. The number of nitrogens with two attached hydrogens (primary N) is 1. The van der Waals surface area contributed by atoms with Crippen LogP contribution in [0.4, 0.5) is 4.39 Å². The molecule has 1 aliphatic carbocycles. The zero-order chi connectivity index (χ0) is 12.3. The average molecular weight is 237 g/mol. The number of ether oxygens (including phenoxy) is 1. The van der Waals surface area contributed by atoms with E-state index in [1.807, 2.05) is 6.92 Å². The minimum Gasteiger partial charge on any atom is -0.489 e. The highest BCUT2D eigenvalue weighted by atomic mass is 19.1. The van der Waals surface area contributed by atoms with Gasteiger partial charge in [0, 0.05) is 6.04 Å². The number of hydrogen-bond donors (Lipinski definition) is 1. The van der Waals surface area contributed by atoms with Crippen molar-refractivity contribution in [1.82, 2.24) is 0 Å². The first-order valence-corrected chi connectivity index (χ1v) is 6.31. The molecule has 1 atom stereocenters. The van der Waals surface area contributed by atoms with Crippen LogP contribution in [0.2, 0.25) is 0 Å². The van der Waals surface area contributed by atoms with Crippen molar-refractivity contribution in [3.63, 3.8) is 0 Å². The zero-order valence-corrected chi connectivity index (χ0v) is 10.3. The summed E-state index contributed by atoms with van der Waals surface area (Å²) in [6, 6.07) is 4.92. The molecule has 1 aromatic rings. The maximum absolute atomic E-state index is 13.4. The minimum absolute atomic E-state index is 0.0254. The van der Waals surface area contributed by atoms with Gasteiger partial charge < -0.3 is 10.5 Å². The fourth-order valence-corrected chi connectivity index (χ4v) is 2.43. The molecule has 0 saturated heterocycles. The molecule has 3 heteroatoms. The lowest BCUT2D eigenvalue weighted by Crippen LogP contribution is -2.34. The van der Waals surface area contributed by atoms with Gasteiger partial charge in [-0.15, -0.1) is 0 Å². The lowest BCUT2D eigenvalue weighted by molar-refractivity contribution is 0.238. The number of rotatable bonds is 4. The van der Waals surface area contributed by atoms with Gasteiger partial charge in [-0.25, -0.2) is 4.39 Å². The molecule has 0 amide bonds. The Hall–Kier alpha value is -1.09. The van der Waals surface area contributed by atoms with E-state index < -0.39 is 0 Å². The summed E-state index contributed by atoms with van der Waals surface area (Å²) >= 11 is 0. The normalized spacial score (nSPS) is 18.3. The summed E-state index contributed by atoms with van der Waals surface area (Å²) in [7, 11) is 0. The van der Waals surface area contributed by atoms with Crippen molar-refractivity contribution >= 4 is 0 Å². The molecule has 94 valence electrons. The third-order valence-electron chi connectivity index (χ3n) is 3.52. The van der Waals surface area contributed by atoms with E-state index >= 15 is 0 Å². The van der Waals surface area contributed by atoms with Crippen LogP contribution >= 0.6 is 0 Å². The SMILES string of the molecule is Cc1ccc(F)c(OCC(N)C2CCCC2)c1. The standard InChI is InChI=1S/C14H20FNO/c1-10-6-7-12(15)14(8-10)17-9-13(16)11-4-2-3-5-11/h6-8,11,13H,2-5,9,16H2,1H3. The first-order chi connectivity index (χ1) is 8.16. The molecule has 1 unspecified atom stereocenters. The Kier molecular flexibility index (Phi) is 4.00. The Morgan fingerprint density at radius 1 is 1.41 bits per heavy atom. The maximum atomic E-state index is 13.4. The topological polar surface area (TPSA) is 35.2 Å². The highest BCUT2D eigenvalue weighted by molar-refractivity contribution is 5.29. The minimum atomic E-state index is -0.311. The van der Waals surface area contributed by atoms with Crippen LogP contribution in [0.5, 0.6) is 5.75 Å². The van der Waals surface area contributed by atoms with E-state index in [4.69, 9.17) is 10.5 Å². The highest BCUT2D eigenvalue weighted by Crippen LogP contribution is 2.27. The molecule has 0 heterocycles. The molecule has 2 N–H and O–H groups in total. The largest absolute Gasteiger partial charge is 0.489 e. The summed E-state index contributed by atoms with van der Waals surface area (Å²) in [5.41, 5.74) is 7.06. The fraction of sp³-hybridized carbons (Fsp3) is 0.571. The van der Waals surface area contributed by atoms with Crippen molar-refractivity contribution in [3.05, 3.63) is 29.6 Å². The predicted octanol–water partition coefficient (Wildman–Crippen LogP) is 3.03. The van der Waals surface area contributed by atoms with Crippen LogP contribution in [-0.4, -0.2) is 12.6 Å². The molecule has 17 heavy (non-hydrogen) atoms. The molecule has 1 saturated carbocycles. The molecule has 0 aliphatic heterocycles. The van der Waals surface area contributed by atoms with Gasteiger partial charge in [-0.3, -0.25) is 0 Å². The quantitative estimate of drug-likeness (QED) is 0.873. The van der Waals surface area contributed by atoms with E-state index in [1.165, 1.54) is 31.7 Å². The van der Waals surface area contributed by atoms with Gasteiger partial charge in [0.1, 0.15) is 6.61 Å². The van der Waals surface area contributed by atoms with Crippen LogP contribution in [0.15, 0.2) is 18.2 Å². The van der Waals surface area contributed by atoms with Gasteiger partial charge in [-0.1, -0.05) is 18.9 Å². The van der Waals surface area contributed by atoms with Gasteiger partial charge in [0.2, 0.25) is 0 Å². The molecule has 2 nitrogen and oxygen atoms in total. The van der Waals surface area contributed by atoms with Crippen LogP contribution in [0.3, 0.4) is 0 Å². The molecular formula is C14H20FNO. The molecular weight excluding hydrogens is 217 g/mol. The van der Waals surface area contributed by atoms with E-state index in [0.717, 1.165) is 5.56 Å². The van der Waals surface area contributed by atoms with Crippen molar-refractivity contribution in [2.45, 2.75) is 38.6 Å². The summed E-state index contributed by atoms with van der Waals surface area (Å²) in [6.07, 6.45) is 4.88. The van der Waals surface area contributed by atoms with E-state index in [0.29, 0.717) is 18.3 Å². The lowest BCUT2D eigenvalue weighted by Gasteiger charge is -2.19. The monoisotopic (exact) mass is 237 g/mol. The van der Waals surface area contributed by atoms with E-state index in [1.54, 1.807) is 12.1 Å². The molecule has 0 bridgehead atoms. The Morgan fingerprint density at radius 3 is 2.82 bits per heavy atom. The van der Waals surface area contributed by atoms with Crippen molar-refractivity contribution in [3.8, 4) is 5.75 Å². The van der Waals surface area contributed by atoms with Crippen molar-refractivity contribution < 1.29 is 9.13 Å². The number of benzene rings is 1. The Bertz CT molecular complexity index is 374. The second kappa shape index (κ2) is 5.50. The van der Waals surface area contributed by atoms with Crippen LogP contribution in [0, 0.1) is 18.7 Å². The molecule has 0 radical (unpaired) electrons. The van der Waals surface area contributed by atoms with Gasteiger partial charge in [-0.05, 0) is 43.4 Å².